The lowest BCUT2D eigenvalue weighted by Crippen LogP contribution is -2.66. The summed E-state index contributed by atoms with van der Waals surface area (Å²) in [6.45, 7) is -1.92. The first-order valence-corrected chi connectivity index (χ1v) is 13.6. The third-order valence-corrected chi connectivity index (χ3v) is 6.46. The standard InChI is InChI=1S/C26H35BrO17/c1-10(28)35-8-17-20(21(38-13(4)31)23(25(27)42-17)40-15(6)33)44-26-24(41-16(7)34)22(39-14(5)32)19(37-12(3)30)18(43-26)9-36-11(2)29/h17-26H,8-9H2,1-7H3/t17-,18-,19-,20-,21+,22+,23-,24-,25?,26?/m1/s1/i2D,3D,5D,7D. The smallest absolute Gasteiger partial charge is 0.303 e. The monoisotopic (exact) mass is 702 g/mol. The first-order chi connectivity index (χ1) is 22.6. The molecule has 10 atom stereocenters. The molecule has 0 amide bonds. The Bertz CT molecular complexity index is 1180. The zero-order valence-corrected chi connectivity index (χ0v) is 25.4. The zero-order valence-electron chi connectivity index (χ0n) is 27.8. The van der Waals surface area contributed by atoms with Crippen LogP contribution >= 0.6 is 15.9 Å². The molecule has 18 heteroatoms. The molecule has 248 valence electrons. The van der Waals surface area contributed by atoms with Gasteiger partial charge >= 0.3 is 41.8 Å². The second-order valence-corrected chi connectivity index (χ2v) is 10.1. The van der Waals surface area contributed by atoms with Crippen LogP contribution in [0.2, 0.25) is 0 Å². The predicted octanol–water partition coefficient (Wildman–Crippen LogP) is 0.00100. The molecule has 2 rings (SSSR count). The van der Waals surface area contributed by atoms with Crippen LogP contribution in [0.25, 0.3) is 0 Å². The molecule has 2 fully saturated rings. The Hall–Kier alpha value is -3.35. The summed E-state index contributed by atoms with van der Waals surface area (Å²) in [6.07, 6.45) is -15.2. The Morgan fingerprint density at radius 3 is 1.50 bits per heavy atom. The van der Waals surface area contributed by atoms with E-state index in [0.29, 0.717) is 0 Å². The van der Waals surface area contributed by atoms with Gasteiger partial charge in [0.1, 0.15) is 31.5 Å². The van der Waals surface area contributed by atoms with Crippen LogP contribution in [0, 0.1) is 0 Å². The molecule has 0 saturated carbocycles. The number of hydrogen-bond donors (Lipinski definition) is 0. The highest BCUT2D eigenvalue weighted by Crippen LogP contribution is 2.36. The van der Waals surface area contributed by atoms with E-state index < -0.39 is 143 Å². The number of halogens is 1. The van der Waals surface area contributed by atoms with Crippen molar-refractivity contribution in [1.29, 1.82) is 0 Å². The Morgan fingerprint density at radius 2 is 0.977 bits per heavy atom. The number of alkyl halides is 1. The van der Waals surface area contributed by atoms with Gasteiger partial charge in [-0.2, -0.15) is 0 Å². The van der Waals surface area contributed by atoms with Crippen molar-refractivity contribution >= 4 is 57.7 Å². The van der Waals surface area contributed by atoms with Gasteiger partial charge in [-0.25, -0.2) is 0 Å². The average Bonchev–Trinajstić information content (AvgIpc) is 3.03. The molecular formula is C26H35BrO17. The normalized spacial score (nSPS) is 32.6. The lowest BCUT2D eigenvalue weighted by molar-refractivity contribution is -0.341. The van der Waals surface area contributed by atoms with E-state index in [2.05, 4.69) is 15.9 Å². The van der Waals surface area contributed by atoms with Crippen molar-refractivity contribution in [3.05, 3.63) is 0 Å². The van der Waals surface area contributed by atoms with Gasteiger partial charge in [-0.3, -0.25) is 33.6 Å². The Balaban J connectivity index is 2.73. The van der Waals surface area contributed by atoms with Gasteiger partial charge < -0.3 is 47.4 Å². The summed E-state index contributed by atoms with van der Waals surface area (Å²) in [7, 11) is 0. The highest BCUT2D eigenvalue weighted by Gasteiger charge is 2.57. The van der Waals surface area contributed by atoms with Crippen molar-refractivity contribution in [3.8, 4) is 0 Å². The van der Waals surface area contributed by atoms with Crippen LogP contribution in [0.5, 0.6) is 0 Å². The minimum atomic E-state index is -1.97. The lowest BCUT2D eigenvalue weighted by Gasteiger charge is -2.48. The lowest BCUT2D eigenvalue weighted by atomic mass is 9.96. The summed E-state index contributed by atoms with van der Waals surface area (Å²) in [5.74, 6) is -7.22. The van der Waals surface area contributed by atoms with Crippen LogP contribution in [-0.2, 0) is 80.9 Å². The Kier molecular flexibility index (Phi) is 11.6. The molecule has 0 aromatic heterocycles. The molecule has 2 heterocycles. The number of carbonyl (C=O) groups excluding carboxylic acids is 7. The van der Waals surface area contributed by atoms with Crippen LogP contribution in [-0.4, -0.2) is 115 Å². The van der Waals surface area contributed by atoms with Crippen LogP contribution in [0.4, 0.5) is 0 Å². The first-order valence-electron chi connectivity index (χ1n) is 15.5. The minimum Gasteiger partial charge on any atom is -0.463 e. The van der Waals surface area contributed by atoms with Crippen molar-refractivity contribution in [2.75, 3.05) is 13.2 Å². The summed E-state index contributed by atoms with van der Waals surface area (Å²) >= 11 is 3.19. The van der Waals surface area contributed by atoms with Crippen LogP contribution in [0.15, 0.2) is 0 Å². The van der Waals surface area contributed by atoms with Crippen molar-refractivity contribution in [1.82, 2.24) is 0 Å². The molecule has 0 aliphatic carbocycles. The molecule has 2 saturated heterocycles. The Morgan fingerprint density at radius 1 is 0.545 bits per heavy atom. The third kappa shape index (κ3) is 11.0. The molecule has 0 N–H and O–H groups in total. The fourth-order valence-corrected chi connectivity index (χ4v) is 5.00. The topological polar surface area (TPSA) is 212 Å². The first kappa shape index (κ1) is 30.7. The molecule has 0 aromatic carbocycles. The van der Waals surface area contributed by atoms with Crippen molar-refractivity contribution in [3.63, 3.8) is 0 Å². The highest BCUT2D eigenvalue weighted by atomic mass is 79.9. The van der Waals surface area contributed by atoms with E-state index >= 15 is 0 Å². The number of rotatable bonds is 11. The van der Waals surface area contributed by atoms with Gasteiger partial charge in [0.05, 0.1) is 0 Å². The summed E-state index contributed by atoms with van der Waals surface area (Å²) in [5.41, 5.74) is 0. The molecular weight excluding hydrogens is 664 g/mol. The molecule has 0 spiro atoms. The van der Waals surface area contributed by atoms with E-state index in [9.17, 15) is 33.6 Å². The predicted molar refractivity (Wildman–Crippen MR) is 142 cm³/mol. The maximum atomic E-state index is 12.5. The van der Waals surface area contributed by atoms with E-state index in [1.54, 1.807) is 0 Å². The summed E-state index contributed by atoms with van der Waals surface area (Å²) < 4.78 is 84.1. The van der Waals surface area contributed by atoms with Gasteiger partial charge in [0.15, 0.2) is 41.8 Å². The zero-order chi connectivity index (χ0) is 36.1. The maximum Gasteiger partial charge on any atom is 0.303 e. The van der Waals surface area contributed by atoms with E-state index in [1.807, 2.05) is 0 Å². The van der Waals surface area contributed by atoms with Crippen LogP contribution in [0.3, 0.4) is 0 Å². The summed E-state index contributed by atoms with van der Waals surface area (Å²) in [6, 6.07) is 0. The third-order valence-electron chi connectivity index (χ3n) is 5.73. The van der Waals surface area contributed by atoms with Gasteiger partial charge in [0.25, 0.3) is 0 Å². The molecule has 44 heavy (non-hydrogen) atoms. The van der Waals surface area contributed by atoms with Gasteiger partial charge in [-0.15, -0.1) is 0 Å². The molecule has 2 aliphatic rings. The SMILES string of the molecule is [2H]CC(=O)OC[C@H]1OC(O[C@H]2[C@H](OC(C)=O)[C@@H](OC(C)=O)C(Br)O[C@@H]2COC(C)=O)[C@H](OC(=O)C[2H])[C@@H](OC(=O)C[2H])[C@@H]1OC(=O)C[2H]. The van der Waals surface area contributed by atoms with Crippen LogP contribution < -0.4 is 0 Å². The largest absolute Gasteiger partial charge is 0.463 e. The molecule has 0 aromatic rings. The van der Waals surface area contributed by atoms with Crippen LogP contribution in [0.1, 0.15) is 53.9 Å². The maximum absolute atomic E-state index is 12.5. The van der Waals surface area contributed by atoms with Crippen molar-refractivity contribution in [2.45, 2.75) is 109 Å². The van der Waals surface area contributed by atoms with Gasteiger partial charge in [0.2, 0.25) is 0 Å². The highest BCUT2D eigenvalue weighted by molar-refractivity contribution is 9.09. The van der Waals surface area contributed by atoms with E-state index in [4.69, 9.17) is 52.9 Å². The van der Waals surface area contributed by atoms with E-state index in [0.717, 1.165) is 20.8 Å². The van der Waals surface area contributed by atoms with Crippen molar-refractivity contribution < 1.29 is 86.4 Å². The average molecular weight is 703 g/mol. The van der Waals surface area contributed by atoms with Crippen molar-refractivity contribution in [2.24, 2.45) is 0 Å². The molecule has 0 radical (unpaired) electrons. The fourth-order valence-electron chi connectivity index (χ4n) is 4.32. The Labute approximate surface area is 266 Å². The van der Waals surface area contributed by atoms with E-state index in [1.165, 1.54) is 0 Å². The number of esters is 7. The minimum absolute atomic E-state index is 0.553. The number of carbonyl (C=O) groups is 7. The fraction of sp³-hybridized carbons (Fsp3) is 0.731. The van der Waals surface area contributed by atoms with E-state index in [-0.39, 0.29) is 0 Å². The van der Waals surface area contributed by atoms with Gasteiger partial charge in [-0.1, -0.05) is 15.9 Å². The number of hydrogen-bond acceptors (Lipinski definition) is 17. The quantitative estimate of drug-likeness (QED) is 0.157. The molecule has 2 aliphatic heterocycles. The summed E-state index contributed by atoms with van der Waals surface area (Å²) in [4.78, 5) is 85.0. The van der Waals surface area contributed by atoms with Gasteiger partial charge in [0, 0.05) is 53.9 Å². The molecule has 0 bridgehead atoms. The van der Waals surface area contributed by atoms with Gasteiger partial charge in [-0.05, 0) is 0 Å². The second-order valence-electron chi connectivity index (χ2n) is 9.17. The second kappa shape index (κ2) is 16.6. The molecule has 17 nitrogen and oxygen atoms in total. The summed E-state index contributed by atoms with van der Waals surface area (Å²) in [5, 5.41) is -1.17. The number of ether oxygens (including phenoxy) is 10. The molecule has 2 unspecified atom stereocenters.